The van der Waals surface area contributed by atoms with Gasteiger partial charge in [-0.15, -0.1) is 0 Å². The quantitative estimate of drug-likeness (QED) is 0.828. The van der Waals surface area contributed by atoms with Gasteiger partial charge in [0.2, 0.25) is 0 Å². The van der Waals surface area contributed by atoms with Gasteiger partial charge in [0.15, 0.2) is 0 Å². The molecule has 124 valence electrons. The Balaban J connectivity index is 2.60. The number of hydrogen-bond acceptors (Lipinski definition) is 4. The highest BCUT2D eigenvalue weighted by atomic mass is 16.3. The summed E-state index contributed by atoms with van der Waals surface area (Å²) < 4.78 is 0. The molecule has 0 amide bonds. The van der Waals surface area contributed by atoms with Crippen molar-refractivity contribution in [3.05, 3.63) is 35.5 Å². The number of nitrogens with one attached hydrogen (secondary N) is 1. The molecule has 2 aromatic rings. The Labute approximate surface area is 143 Å². The van der Waals surface area contributed by atoms with Crippen LogP contribution in [0, 0.1) is 28.6 Å². The van der Waals surface area contributed by atoms with Crippen molar-refractivity contribution >= 4 is 16.6 Å². The molecule has 2 rings (SSSR count). The minimum absolute atomic E-state index is 0.0840. The van der Waals surface area contributed by atoms with E-state index in [9.17, 15) is 10.4 Å². The second-order valence-corrected chi connectivity index (χ2v) is 7.58. The third kappa shape index (κ3) is 4.47. The molecule has 0 saturated carbocycles. The lowest BCUT2D eigenvalue weighted by atomic mass is 9.96. The lowest BCUT2D eigenvalue weighted by Gasteiger charge is -2.21. The number of pyridine rings is 1. The standard InChI is InChI=1S/C20H23N3O/c1-19(2,3)13-23-18-15(11-21)12-22-17-14(7-6-8-16(17)18)9-10-20(4,5)24/h6-8,12,24H,13H2,1-5H3,(H,22,23). The molecule has 1 aromatic carbocycles. The van der Waals surface area contributed by atoms with Crippen LogP contribution >= 0.6 is 0 Å². The van der Waals surface area contributed by atoms with Crippen LogP contribution in [-0.4, -0.2) is 22.2 Å². The number of nitrogens with zero attached hydrogens (tertiary/aromatic N) is 2. The number of benzene rings is 1. The van der Waals surface area contributed by atoms with Gasteiger partial charge in [-0.25, -0.2) is 0 Å². The molecule has 1 aromatic heterocycles. The van der Waals surface area contributed by atoms with Crippen LogP contribution in [0.25, 0.3) is 10.9 Å². The Bertz CT molecular complexity index is 853. The summed E-state index contributed by atoms with van der Waals surface area (Å²) in [6, 6.07) is 7.89. The highest BCUT2D eigenvalue weighted by Gasteiger charge is 2.15. The molecule has 0 aliphatic rings. The van der Waals surface area contributed by atoms with Gasteiger partial charge in [-0.2, -0.15) is 5.26 Å². The molecular formula is C20H23N3O. The van der Waals surface area contributed by atoms with Crippen molar-refractivity contribution in [2.24, 2.45) is 5.41 Å². The average molecular weight is 321 g/mol. The molecule has 0 fully saturated rings. The summed E-state index contributed by atoms with van der Waals surface area (Å²) in [4.78, 5) is 4.41. The highest BCUT2D eigenvalue weighted by Crippen LogP contribution is 2.28. The molecule has 4 nitrogen and oxygen atoms in total. The van der Waals surface area contributed by atoms with Gasteiger partial charge in [0.25, 0.3) is 0 Å². The predicted octanol–water partition coefficient (Wildman–Crippen LogP) is 3.69. The van der Waals surface area contributed by atoms with Gasteiger partial charge in [0.1, 0.15) is 11.7 Å². The maximum atomic E-state index is 9.81. The number of para-hydroxylation sites is 1. The van der Waals surface area contributed by atoms with E-state index < -0.39 is 5.60 Å². The maximum absolute atomic E-state index is 9.81. The number of hydrogen-bond donors (Lipinski definition) is 2. The molecule has 4 heteroatoms. The third-order valence-electron chi connectivity index (χ3n) is 3.32. The van der Waals surface area contributed by atoms with Crippen molar-refractivity contribution < 1.29 is 5.11 Å². The summed E-state index contributed by atoms with van der Waals surface area (Å²) in [7, 11) is 0. The van der Waals surface area contributed by atoms with Crippen molar-refractivity contribution in [2.75, 3.05) is 11.9 Å². The van der Waals surface area contributed by atoms with Gasteiger partial charge in [-0.1, -0.05) is 44.7 Å². The lowest BCUT2D eigenvalue weighted by molar-refractivity contribution is 0.143. The molecule has 1 heterocycles. The fourth-order valence-corrected chi connectivity index (χ4v) is 2.17. The topological polar surface area (TPSA) is 68.9 Å². The molecule has 0 unspecified atom stereocenters. The Morgan fingerprint density at radius 3 is 2.46 bits per heavy atom. The first-order chi connectivity index (χ1) is 11.1. The first-order valence-corrected chi connectivity index (χ1v) is 7.92. The number of anilines is 1. The van der Waals surface area contributed by atoms with Crippen LogP contribution in [0.1, 0.15) is 45.7 Å². The van der Waals surface area contributed by atoms with E-state index in [4.69, 9.17) is 0 Å². The summed E-state index contributed by atoms with van der Waals surface area (Å²) in [6.07, 6.45) is 1.57. The number of fused-ring (bicyclic) bond motifs is 1. The van der Waals surface area contributed by atoms with E-state index in [1.54, 1.807) is 20.0 Å². The molecule has 0 aliphatic carbocycles. The summed E-state index contributed by atoms with van der Waals surface area (Å²) in [6.45, 7) is 10.4. The largest absolute Gasteiger partial charge is 0.383 e. The predicted molar refractivity (Wildman–Crippen MR) is 97.6 cm³/mol. The van der Waals surface area contributed by atoms with E-state index in [0.717, 1.165) is 28.7 Å². The van der Waals surface area contributed by atoms with Crippen molar-refractivity contribution in [3.8, 4) is 17.9 Å². The van der Waals surface area contributed by atoms with Crippen molar-refractivity contribution in [2.45, 2.75) is 40.2 Å². The highest BCUT2D eigenvalue weighted by molar-refractivity contribution is 5.96. The van der Waals surface area contributed by atoms with E-state index in [-0.39, 0.29) is 5.41 Å². The van der Waals surface area contributed by atoms with E-state index in [1.165, 1.54) is 0 Å². The maximum Gasteiger partial charge on any atom is 0.120 e. The zero-order valence-corrected chi connectivity index (χ0v) is 14.9. The van der Waals surface area contributed by atoms with Crippen LogP contribution < -0.4 is 5.32 Å². The minimum atomic E-state index is -1.07. The summed E-state index contributed by atoms with van der Waals surface area (Å²) in [5, 5.41) is 23.5. The Hall–Kier alpha value is -2.56. The molecule has 0 radical (unpaired) electrons. The zero-order chi connectivity index (χ0) is 18.0. The molecule has 0 bridgehead atoms. The number of nitriles is 1. The van der Waals surface area contributed by atoms with Crippen molar-refractivity contribution in [1.82, 2.24) is 4.98 Å². The van der Waals surface area contributed by atoms with Gasteiger partial charge in [0.05, 0.1) is 22.3 Å². The van der Waals surface area contributed by atoms with Crippen LogP contribution in [0.4, 0.5) is 5.69 Å². The number of aromatic nitrogens is 1. The van der Waals surface area contributed by atoms with E-state index in [0.29, 0.717) is 5.56 Å². The van der Waals surface area contributed by atoms with Gasteiger partial charge in [-0.3, -0.25) is 4.98 Å². The Kier molecular flexibility index (Phi) is 4.83. The smallest absolute Gasteiger partial charge is 0.120 e. The van der Waals surface area contributed by atoms with Crippen LogP contribution in [0.3, 0.4) is 0 Å². The fraction of sp³-hybridized carbons (Fsp3) is 0.400. The molecule has 0 spiro atoms. The molecule has 2 N–H and O–H groups in total. The van der Waals surface area contributed by atoms with E-state index in [1.807, 2.05) is 18.2 Å². The van der Waals surface area contributed by atoms with Crippen molar-refractivity contribution in [3.63, 3.8) is 0 Å². The molecule has 0 atom stereocenters. The number of rotatable bonds is 2. The first kappa shape index (κ1) is 17.8. The Morgan fingerprint density at radius 1 is 1.17 bits per heavy atom. The van der Waals surface area contributed by atoms with Gasteiger partial charge < -0.3 is 10.4 Å². The molecule has 24 heavy (non-hydrogen) atoms. The van der Waals surface area contributed by atoms with Crippen LogP contribution in [0.5, 0.6) is 0 Å². The lowest BCUT2D eigenvalue weighted by Crippen LogP contribution is -2.19. The minimum Gasteiger partial charge on any atom is -0.383 e. The van der Waals surface area contributed by atoms with Crippen LogP contribution in [-0.2, 0) is 0 Å². The van der Waals surface area contributed by atoms with Crippen LogP contribution in [0.2, 0.25) is 0 Å². The summed E-state index contributed by atoms with van der Waals surface area (Å²) in [5.74, 6) is 5.81. The SMILES string of the molecule is CC(C)(O)C#Cc1cccc2c(NCC(C)(C)C)c(C#N)cnc12. The monoisotopic (exact) mass is 321 g/mol. The van der Waals surface area contributed by atoms with Gasteiger partial charge in [-0.05, 0) is 25.3 Å². The fourth-order valence-electron chi connectivity index (χ4n) is 2.17. The van der Waals surface area contributed by atoms with Gasteiger partial charge in [0, 0.05) is 18.1 Å². The average Bonchev–Trinajstić information content (AvgIpc) is 2.48. The zero-order valence-electron chi connectivity index (χ0n) is 14.9. The van der Waals surface area contributed by atoms with Crippen LogP contribution in [0.15, 0.2) is 24.4 Å². The summed E-state index contributed by atoms with van der Waals surface area (Å²) >= 11 is 0. The Morgan fingerprint density at radius 2 is 1.88 bits per heavy atom. The summed E-state index contributed by atoms with van der Waals surface area (Å²) in [5.41, 5.74) is 1.77. The molecule has 0 aliphatic heterocycles. The molecule has 0 saturated heterocycles. The second-order valence-electron chi connectivity index (χ2n) is 7.58. The van der Waals surface area contributed by atoms with E-state index >= 15 is 0 Å². The third-order valence-corrected chi connectivity index (χ3v) is 3.32. The van der Waals surface area contributed by atoms with Gasteiger partial charge >= 0.3 is 0 Å². The first-order valence-electron chi connectivity index (χ1n) is 7.92. The van der Waals surface area contributed by atoms with E-state index in [2.05, 4.69) is 49.0 Å². The number of aliphatic hydroxyl groups is 1. The van der Waals surface area contributed by atoms with Crippen molar-refractivity contribution in [1.29, 1.82) is 5.26 Å². The molecular weight excluding hydrogens is 298 g/mol. The normalized spacial score (nSPS) is 11.5. The second kappa shape index (κ2) is 6.51.